The molecule has 1 amide bonds. The monoisotopic (exact) mass is 321 g/mol. The predicted octanol–water partition coefficient (Wildman–Crippen LogP) is 4.40. The summed E-state index contributed by atoms with van der Waals surface area (Å²) in [7, 11) is 0. The highest BCUT2D eigenvalue weighted by atomic mass is 79.9. The first-order chi connectivity index (χ1) is 9.11. The fourth-order valence-corrected chi connectivity index (χ4v) is 2.18. The molecule has 0 fully saturated rings. The third kappa shape index (κ3) is 3.20. The summed E-state index contributed by atoms with van der Waals surface area (Å²) in [6.07, 6.45) is 0.772. The number of aryl methyl sites for hydroxylation is 1. The lowest BCUT2D eigenvalue weighted by atomic mass is 10.0. The summed E-state index contributed by atoms with van der Waals surface area (Å²) in [6, 6.07) is 11.6. The lowest BCUT2D eigenvalue weighted by Gasteiger charge is -2.10. The molecule has 0 unspecified atom stereocenters. The Balaban J connectivity index is 2.28. The summed E-state index contributed by atoms with van der Waals surface area (Å²) >= 11 is 3.29. The van der Waals surface area contributed by atoms with Crippen LogP contribution in [-0.4, -0.2) is 5.91 Å². The van der Waals surface area contributed by atoms with E-state index >= 15 is 0 Å². The molecule has 2 aromatic rings. The zero-order valence-electron chi connectivity index (χ0n) is 10.4. The fourth-order valence-electron chi connectivity index (χ4n) is 1.83. The number of halogens is 2. The van der Waals surface area contributed by atoms with Crippen LogP contribution in [0.3, 0.4) is 0 Å². The van der Waals surface area contributed by atoms with E-state index in [2.05, 4.69) is 21.2 Å². The van der Waals surface area contributed by atoms with Crippen LogP contribution >= 0.6 is 15.9 Å². The molecular formula is C15H13BrFNO. The summed E-state index contributed by atoms with van der Waals surface area (Å²) in [6.45, 7) is 1.99. The quantitative estimate of drug-likeness (QED) is 0.891. The Bertz CT molecular complexity index is 613. The van der Waals surface area contributed by atoms with Crippen molar-refractivity contribution in [2.24, 2.45) is 0 Å². The van der Waals surface area contributed by atoms with Crippen molar-refractivity contribution in [2.45, 2.75) is 13.3 Å². The Morgan fingerprint density at radius 2 is 2.00 bits per heavy atom. The van der Waals surface area contributed by atoms with E-state index < -0.39 is 0 Å². The Hall–Kier alpha value is -1.68. The fraction of sp³-hybridized carbons (Fsp3) is 0.133. The highest BCUT2D eigenvalue weighted by molar-refractivity contribution is 9.10. The molecular weight excluding hydrogens is 309 g/mol. The summed E-state index contributed by atoms with van der Waals surface area (Å²) in [5.41, 5.74) is 2.00. The summed E-state index contributed by atoms with van der Waals surface area (Å²) in [5, 5.41) is 2.72. The van der Waals surface area contributed by atoms with E-state index in [0.29, 0.717) is 15.7 Å². The van der Waals surface area contributed by atoms with Crippen molar-refractivity contribution in [1.82, 2.24) is 0 Å². The molecule has 0 saturated heterocycles. The van der Waals surface area contributed by atoms with Gasteiger partial charge in [-0.3, -0.25) is 4.79 Å². The number of nitrogens with one attached hydrogen (secondary N) is 1. The smallest absolute Gasteiger partial charge is 0.255 e. The van der Waals surface area contributed by atoms with Crippen molar-refractivity contribution in [2.75, 3.05) is 5.32 Å². The first-order valence-corrected chi connectivity index (χ1v) is 6.75. The van der Waals surface area contributed by atoms with Gasteiger partial charge in [0.05, 0.1) is 5.69 Å². The number of rotatable bonds is 3. The van der Waals surface area contributed by atoms with Gasteiger partial charge in [0.2, 0.25) is 0 Å². The van der Waals surface area contributed by atoms with E-state index in [9.17, 15) is 9.18 Å². The third-order valence-electron chi connectivity index (χ3n) is 2.82. The highest BCUT2D eigenvalue weighted by Crippen LogP contribution is 2.24. The molecule has 98 valence electrons. The lowest BCUT2D eigenvalue weighted by Crippen LogP contribution is -2.14. The maximum atomic E-state index is 13.2. The molecule has 1 N–H and O–H groups in total. The molecule has 2 nitrogen and oxygen atoms in total. The van der Waals surface area contributed by atoms with Gasteiger partial charge in [0.1, 0.15) is 5.82 Å². The summed E-state index contributed by atoms with van der Waals surface area (Å²) < 4.78 is 13.8. The highest BCUT2D eigenvalue weighted by Gasteiger charge is 2.11. The van der Waals surface area contributed by atoms with Crippen LogP contribution < -0.4 is 5.32 Å². The largest absolute Gasteiger partial charge is 0.321 e. The zero-order valence-corrected chi connectivity index (χ0v) is 12.0. The first-order valence-electron chi connectivity index (χ1n) is 5.96. The Morgan fingerprint density at radius 1 is 1.26 bits per heavy atom. The van der Waals surface area contributed by atoms with Crippen LogP contribution in [0.25, 0.3) is 0 Å². The zero-order chi connectivity index (χ0) is 13.8. The minimum absolute atomic E-state index is 0.233. The molecule has 0 bridgehead atoms. The summed E-state index contributed by atoms with van der Waals surface area (Å²) in [5.74, 6) is -0.619. The van der Waals surface area contributed by atoms with Crippen LogP contribution in [0.15, 0.2) is 46.9 Å². The number of carbonyl (C=O) groups excluding carboxylic acids is 1. The van der Waals surface area contributed by atoms with Crippen LogP contribution in [0.2, 0.25) is 0 Å². The van der Waals surface area contributed by atoms with Gasteiger partial charge in [0, 0.05) is 10.0 Å². The van der Waals surface area contributed by atoms with E-state index in [1.807, 2.05) is 25.1 Å². The van der Waals surface area contributed by atoms with Gasteiger partial charge < -0.3 is 5.32 Å². The number of hydrogen-bond acceptors (Lipinski definition) is 1. The minimum atomic E-state index is -0.387. The van der Waals surface area contributed by atoms with Gasteiger partial charge >= 0.3 is 0 Å². The summed E-state index contributed by atoms with van der Waals surface area (Å²) in [4.78, 5) is 12.2. The molecule has 0 atom stereocenters. The Labute approximate surface area is 119 Å². The second-order valence-electron chi connectivity index (χ2n) is 4.09. The topological polar surface area (TPSA) is 29.1 Å². The molecule has 0 aliphatic rings. The molecule has 0 saturated carbocycles. The van der Waals surface area contributed by atoms with Gasteiger partial charge in [0.15, 0.2) is 0 Å². The number of amides is 1. The van der Waals surface area contributed by atoms with Gasteiger partial charge in [-0.05, 0) is 52.2 Å². The molecule has 0 heterocycles. The third-order valence-corrected chi connectivity index (χ3v) is 3.51. The molecule has 0 aliphatic heterocycles. The second-order valence-corrected chi connectivity index (χ2v) is 4.94. The van der Waals surface area contributed by atoms with Crippen LogP contribution in [-0.2, 0) is 6.42 Å². The molecule has 0 spiro atoms. The molecule has 0 radical (unpaired) electrons. The lowest BCUT2D eigenvalue weighted by molar-refractivity contribution is 0.102. The number of hydrogen-bond donors (Lipinski definition) is 1. The van der Waals surface area contributed by atoms with Gasteiger partial charge in [-0.1, -0.05) is 25.1 Å². The van der Waals surface area contributed by atoms with E-state index in [0.717, 1.165) is 12.0 Å². The number of benzene rings is 2. The van der Waals surface area contributed by atoms with Crippen molar-refractivity contribution < 1.29 is 9.18 Å². The van der Waals surface area contributed by atoms with E-state index in [1.165, 1.54) is 12.1 Å². The number of anilines is 1. The van der Waals surface area contributed by atoms with Crippen molar-refractivity contribution >= 4 is 27.5 Å². The average molecular weight is 322 g/mol. The molecule has 0 aromatic heterocycles. The average Bonchev–Trinajstić information content (AvgIpc) is 2.42. The van der Waals surface area contributed by atoms with Crippen LogP contribution in [0.5, 0.6) is 0 Å². The Morgan fingerprint density at radius 3 is 2.74 bits per heavy atom. The molecule has 19 heavy (non-hydrogen) atoms. The van der Waals surface area contributed by atoms with Crippen LogP contribution in [0.1, 0.15) is 22.8 Å². The maximum absolute atomic E-state index is 13.2. The van der Waals surface area contributed by atoms with Gasteiger partial charge in [-0.15, -0.1) is 0 Å². The second kappa shape index (κ2) is 5.97. The van der Waals surface area contributed by atoms with E-state index in [1.54, 1.807) is 12.1 Å². The van der Waals surface area contributed by atoms with E-state index in [4.69, 9.17) is 0 Å². The molecule has 2 rings (SSSR count). The van der Waals surface area contributed by atoms with Crippen molar-refractivity contribution in [3.05, 3.63) is 63.9 Å². The van der Waals surface area contributed by atoms with Crippen LogP contribution in [0.4, 0.5) is 10.1 Å². The van der Waals surface area contributed by atoms with Crippen molar-refractivity contribution in [3.8, 4) is 0 Å². The van der Waals surface area contributed by atoms with Gasteiger partial charge in [-0.2, -0.15) is 0 Å². The van der Waals surface area contributed by atoms with Crippen molar-refractivity contribution in [1.29, 1.82) is 0 Å². The maximum Gasteiger partial charge on any atom is 0.255 e. The van der Waals surface area contributed by atoms with E-state index in [-0.39, 0.29) is 11.7 Å². The molecule has 4 heteroatoms. The normalized spacial score (nSPS) is 10.3. The number of carbonyl (C=O) groups is 1. The van der Waals surface area contributed by atoms with Gasteiger partial charge in [-0.25, -0.2) is 4.39 Å². The minimum Gasteiger partial charge on any atom is -0.321 e. The van der Waals surface area contributed by atoms with Crippen molar-refractivity contribution in [3.63, 3.8) is 0 Å². The Kier molecular flexibility index (Phi) is 4.32. The van der Waals surface area contributed by atoms with Gasteiger partial charge in [0.25, 0.3) is 5.91 Å². The first kappa shape index (κ1) is 13.7. The standard InChI is InChI=1S/C15H13BrFNO/c1-2-10-5-3-4-6-12(10)15(19)18-14-9-11(17)7-8-13(14)16/h3-9H,2H2,1H3,(H,18,19). The van der Waals surface area contributed by atoms with Crippen LogP contribution in [0, 0.1) is 5.82 Å². The molecule has 0 aliphatic carbocycles. The predicted molar refractivity (Wildman–Crippen MR) is 77.9 cm³/mol. The molecule has 2 aromatic carbocycles. The SMILES string of the molecule is CCc1ccccc1C(=O)Nc1cc(F)ccc1Br.